The normalized spacial score (nSPS) is 16.4. The topological polar surface area (TPSA) is 20.3 Å². The van der Waals surface area contributed by atoms with Crippen molar-refractivity contribution in [2.24, 2.45) is 0 Å². The fourth-order valence-electron chi connectivity index (χ4n) is 3.63. The summed E-state index contributed by atoms with van der Waals surface area (Å²) in [7, 11) is 0. The van der Waals surface area contributed by atoms with Crippen LogP contribution in [0, 0.1) is 0 Å². The highest BCUT2D eigenvalue weighted by molar-refractivity contribution is 5.95. The van der Waals surface area contributed by atoms with Gasteiger partial charge in [0.1, 0.15) is 0 Å². The molecule has 1 atom stereocenters. The van der Waals surface area contributed by atoms with Crippen LogP contribution in [0.2, 0.25) is 0 Å². The first-order valence-corrected chi connectivity index (χ1v) is 8.75. The zero-order valence-corrected chi connectivity index (χ0v) is 14.4. The number of hydrogen-bond donors (Lipinski definition) is 0. The SMILES string of the molecule is CC1CN(C(=O)c2ccc(-c3ccccc3)cc2)Cc2ccccc21. The van der Waals surface area contributed by atoms with Gasteiger partial charge in [-0.15, -0.1) is 0 Å². The van der Waals surface area contributed by atoms with E-state index >= 15 is 0 Å². The van der Waals surface area contributed by atoms with E-state index < -0.39 is 0 Å². The summed E-state index contributed by atoms with van der Waals surface area (Å²) >= 11 is 0. The lowest BCUT2D eigenvalue weighted by molar-refractivity contribution is 0.0721. The highest BCUT2D eigenvalue weighted by atomic mass is 16.2. The third-order valence-corrected chi connectivity index (χ3v) is 4.97. The predicted octanol–water partition coefficient (Wildman–Crippen LogP) is 5.11. The van der Waals surface area contributed by atoms with Crippen molar-refractivity contribution in [2.45, 2.75) is 19.4 Å². The van der Waals surface area contributed by atoms with Crippen molar-refractivity contribution in [3.63, 3.8) is 0 Å². The molecule has 0 fully saturated rings. The second kappa shape index (κ2) is 6.56. The summed E-state index contributed by atoms with van der Waals surface area (Å²) in [4.78, 5) is 14.9. The number of rotatable bonds is 2. The van der Waals surface area contributed by atoms with E-state index in [-0.39, 0.29) is 5.91 Å². The van der Waals surface area contributed by atoms with Crippen LogP contribution in [0.25, 0.3) is 11.1 Å². The zero-order valence-electron chi connectivity index (χ0n) is 14.4. The quantitative estimate of drug-likeness (QED) is 0.640. The van der Waals surface area contributed by atoms with Crippen LogP contribution in [0.1, 0.15) is 34.3 Å². The van der Waals surface area contributed by atoms with Crippen molar-refractivity contribution in [1.82, 2.24) is 4.90 Å². The van der Waals surface area contributed by atoms with Gasteiger partial charge in [-0.05, 0) is 40.3 Å². The largest absolute Gasteiger partial charge is 0.334 e. The van der Waals surface area contributed by atoms with Gasteiger partial charge in [0.25, 0.3) is 5.91 Å². The van der Waals surface area contributed by atoms with Gasteiger partial charge in [0.05, 0.1) is 0 Å². The van der Waals surface area contributed by atoms with E-state index in [1.807, 2.05) is 53.4 Å². The molecular weight excluding hydrogens is 306 g/mol. The van der Waals surface area contributed by atoms with E-state index in [1.165, 1.54) is 16.7 Å². The molecule has 4 rings (SSSR count). The lowest BCUT2D eigenvalue weighted by Crippen LogP contribution is -2.37. The molecule has 0 aromatic heterocycles. The molecule has 1 heterocycles. The Morgan fingerprint density at radius 1 is 0.840 bits per heavy atom. The minimum Gasteiger partial charge on any atom is -0.334 e. The van der Waals surface area contributed by atoms with Crippen LogP contribution in [-0.2, 0) is 6.54 Å². The molecule has 1 unspecified atom stereocenters. The van der Waals surface area contributed by atoms with Gasteiger partial charge in [0.2, 0.25) is 0 Å². The van der Waals surface area contributed by atoms with Gasteiger partial charge in [-0.2, -0.15) is 0 Å². The average molecular weight is 327 g/mol. The molecule has 124 valence electrons. The van der Waals surface area contributed by atoms with Crippen molar-refractivity contribution < 1.29 is 4.79 Å². The highest BCUT2D eigenvalue weighted by Crippen LogP contribution is 2.29. The molecule has 0 aliphatic carbocycles. The maximum atomic E-state index is 12.9. The van der Waals surface area contributed by atoms with Gasteiger partial charge in [-0.25, -0.2) is 0 Å². The van der Waals surface area contributed by atoms with Crippen molar-refractivity contribution in [2.75, 3.05) is 6.54 Å². The molecule has 1 aliphatic heterocycles. The molecule has 1 amide bonds. The standard InChI is InChI=1S/C23H21NO/c1-17-15-24(16-21-9-5-6-10-22(17)21)23(25)20-13-11-19(12-14-20)18-7-3-2-4-8-18/h2-14,17H,15-16H2,1H3. The van der Waals surface area contributed by atoms with Crippen molar-refractivity contribution in [3.05, 3.63) is 95.6 Å². The van der Waals surface area contributed by atoms with Gasteiger partial charge in [0, 0.05) is 18.7 Å². The van der Waals surface area contributed by atoms with Gasteiger partial charge >= 0.3 is 0 Å². The summed E-state index contributed by atoms with van der Waals surface area (Å²) in [5, 5.41) is 0. The fourth-order valence-corrected chi connectivity index (χ4v) is 3.63. The Bertz CT molecular complexity index is 883. The molecule has 25 heavy (non-hydrogen) atoms. The maximum Gasteiger partial charge on any atom is 0.254 e. The Balaban J connectivity index is 1.56. The molecular formula is C23H21NO. The van der Waals surface area contributed by atoms with Crippen LogP contribution in [0.3, 0.4) is 0 Å². The number of fused-ring (bicyclic) bond motifs is 1. The molecule has 0 saturated heterocycles. The average Bonchev–Trinajstić information content (AvgIpc) is 2.68. The lowest BCUT2D eigenvalue weighted by atomic mass is 9.91. The summed E-state index contributed by atoms with van der Waals surface area (Å²) in [6.45, 7) is 3.66. The van der Waals surface area contributed by atoms with Crippen LogP contribution in [0.5, 0.6) is 0 Å². The van der Waals surface area contributed by atoms with Crippen molar-refractivity contribution in [3.8, 4) is 11.1 Å². The number of carbonyl (C=O) groups is 1. The van der Waals surface area contributed by atoms with Crippen LogP contribution < -0.4 is 0 Å². The summed E-state index contributed by atoms with van der Waals surface area (Å²) in [6, 6.07) is 26.6. The van der Waals surface area contributed by atoms with Crippen LogP contribution in [0.15, 0.2) is 78.9 Å². The number of amides is 1. The molecule has 2 heteroatoms. The Kier molecular flexibility index (Phi) is 4.10. The lowest BCUT2D eigenvalue weighted by Gasteiger charge is -2.33. The molecule has 0 radical (unpaired) electrons. The minimum atomic E-state index is 0.112. The Labute approximate surface area is 148 Å². The smallest absolute Gasteiger partial charge is 0.254 e. The van der Waals surface area contributed by atoms with E-state index in [0.717, 1.165) is 17.7 Å². The van der Waals surface area contributed by atoms with E-state index in [2.05, 4.69) is 37.3 Å². The van der Waals surface area contributed by atoms with Crippen LogP contribution >= 0.6 is 0 Å². The highest BCUT2D eigenvalue weighted by Gasteiger charge is 2.25. The molecule has 1 aliphatic rings. The predicted molar refractivity (Wildman–Crippen MR) is 101 cm³/mol. The van der Waals surface area contributed by atoms with Crippen molar-refractivity contribution >= 4 is 5.91 Å². The molecule has 0 spiro atoms. The first-order valence-electron chi connectivity index (χ1n) is 8.75. The van der Waals surface area contributed by atoms with E-state index in [4.69, 9.17) is 0 Å². The fraction of sp³-hybridized carbons (Fsp3) is 0.174. The Morgan fingerprint density at radius 3 is 2.24 bits per heavy atom. The minimum absolute atomic E-state index is 0.112. The summed E-state index contributed by atoms with van der Waals surface area (Å²) in [5.74, 6) is 0.485. The van der Waals surface area contributed by atoms with Gasteiger partial charge < -0.3 is 4.90 Å². The molecule has 2 nitrogen and oxygen atoms in total. The number of hydrogen-bond acceptors (Lipinski definition) is 1. The van der Waals surface area contributed by atoms with E-state index in [0.29, 0.717) is 12.5 Å². The summed E-state index contributed by atoms with van der Waals surface area (Å²) in [5.41, 5.74) is 5.68. The molecule has 0 bridgehead atoms. The van der Waals surface area contributed by atoms with Gasteiger partial charge in [0.15, 0.2) is 0 Å². The number of nitrogens with zero attached hydrogens (tertiary/aromatic N) is 1. The maximum absolute atomic E-state index is 12.9. The molecule has 3 aromatic rings. The number of benzene rings is 3. The van der Waals surface area contributed by atoms with Gasteiger partial charge in [-0.3, -0.25) is 4.79 Å². The van der Waals surface area contributed by atoms with Crippen LogP contribution in [0.4, 0.5) is 0 Å². The van der Waals surface area contributed by atoms with E-state index in [9.17, 15) is 4.79 Å². The summed E-state index contributed by atoms with van der Waals surface area (Å²) in [6.07, 6.45) is 0. The Morgan fingerprint density at radius 2 is 1.48 bits per heavy atom. The van der Waals surface area contributed by atoms with E-state index in [1.54, 1.807) is 0 Å². The second-order valence-electron chi connectivity index (χ2n) is 6.73. The zero-order chi connectivity index (χ0) is 17.2. The first kappa shape index (κ1) is 15.6. The summed E-state index contributed by atoms with van der Waals surface area (Å²) < 4.78 is 0. The third kappa shape index (κ3) is 3.08. The molecule has 3 aromatic carbocycles. The first-order chi connectivity index (χ1) is 12.2. The molecule has 0 N–H and O–H groups in total. The van der Waals surface area contributed by atoms with Crippen molar-refractivity contribution in [1.29, 1.82) is 0 Å². The van der Waals surface area contributed by atoms with Crippen LogP contribution in [-0.4, -0.2) is 17.4 Å². The molecule has 0 saturated carbocycles. The second-order valence-corrected chi connectivity index (χ2v) is 6.73. The monoisotopic (exact) mass is 327 g/mol. The third-order valence-electron chi connectivity index (χ3n) is 4.97. The number of carbonyl (C=O) groups excluding carboxylic acids is 1. The Hall–Kier alpha value is -2.87. The van der Waals surface area contributed by atoms with Gasteiger partial charge in [-0.1, -0.05) is 73.7 Å².